The molecular formula is C8H12N2O3. The Kier molecular flexibility index (Phi) is 3.00. The standard InChI is InChI=1S/C8H12N2O3/c1-5(2)4-13-8-9-6(11)3-7(12)10-8/h5H,3-4H2,1-2H3,(H,9,10,11,12). The molecule has 1 aliphatic heterocycles. The van der Waals surface area contributed by atoms with Crippen molar-refractivity contribution in [3.05, 3.63) is 0 Å². The third-order valence-electron chi connectivity index (χ3n) is 1.34. The number of rotatable bonds is 2. The minimum Gasteiger partial charge on any atom is -0.464 e. The molecule has 72 valence electrons. The van der Waals surface area contributed by atoms with Gasteiger partial charge in [0.1, 0.15) is 6.42 Å². The zero-order valence-electron chi connectivity index (χ0n) is 7.66. The van der Waals surface area contributed by atoms with E-state index in [1.54, 1.807) is 0 Å². The van der Waals surface area contributed by atoms with Crippen LogP contribution in [0.4, 0.5) is 0 Å². The SMILES string of the molecule is CC(C)COC1=NC(=O)CC(=O)N1. The molecule has 0 aromatic rings. The van der Waals surface area contributed by atoms with Crippen molar-refractivity contribution in [1.82, 2.24) is 5.32 Å². The number of aliphatic imine (C=N–C) groups is 1. The number of nitrogens with zero attached hydrogens (tertiary/aromatic N) is 1. The van der Waals surface area contributed by atoms with Crippen molar-refractivity contribution in [1.29, 1.82) is 0 Å². The van der Waals surface area contributed by atoms with Crippen molar-refractivity contribution in [3.8, 4) is 0 Å². The van der Waals surface area contributed by atoms with E-state index >= 15 is 0 Å². The third kappa shape index (κ3) is 3.23. The van der Waals surface area contributed by atoms with Crippen LogP contribution in [-0.4, -0.2) is 24.4 Å². The van der Waals surface area contributed by atoms with Gasteiger partial charge in [0, 0.05) is 0 Å². The lowest BCUT2D eigenvalue weighted by atomic mass is 10.2. The highest BCUT2D eigenvalue weighted by Gasteiger charge is 2.19. The highest BCUT2D eigenvalue weighted by atomic mass is 16.5. The molecule has 0 saturated heterocycles. The normalized spacial score (nSPS) is 17.0. The number of hydrogen-bond donors (Lipinski definition) is 1. The van der Waals surface area contributed by atoms with Crippen molar-refractivity contribution in [3.63, 3.8) is 0 Å². The molecule has 0 aliphatic carbocycles. The molecule has 0 unspecified atom stereocenters. The third-order valence-corrected chi connectivity index (χ3v) is 1.34. The van der Waals surface area contributed by atoms with Gasteiger partial charge in [0.2, 0.25) is 5.91 Å². The first-order valence-electron chi connectivity index (χ1n) is 4.12. The summed E-state index contributed by atoms with van der Waals surface area (Å²) >= 11 is 0. The van der Waals surface area contributed by atoms with E-state index in [1.807, 2.05) is 13.8 Å². The van der Waals surface area contributed by atoms with E-state index in [-0.39, 0.29) is 18.3 Å². The quantitative estimate of drug-likeness (QED) is 0.617. The Hall–Kier alpha value is -1.39. The second-order valence-electron chi connectivity index (χ2n) is 3.24. The molecule has 0 saturated carbocycles. The van der Waals surface area contributed by atoms with Gasteiger partial charge in [0.25, 0.3) is 11.9 Å². The summed E-state index contributed by atoms with van der Waals surface area (Å²) in [5.41, 5.74) is 0. The number of ether oxygens (including phenoxy) is 1. The highest BCUT2D eigenvalue weighted by Crippen LogP contribution is 1.98. The van der Waals surface area contributed by atoms with Crippen LogP contribution in [0.5, 0.6) is 0 Å². The Balaban J connectivity index is 2.49. The predicted octanol–water partition coefficient (Wildman–Crippen LogP) is 0.0615. The lowest BCUT2D eigenvalue weighted by Gasteiger charge is -2.14. The van der Waals surface area contributed by atoms with E-state index in [2.05, 4.69) is 10.3 Å². The summed E-state index contributed by atoms with van der Waals surface area (Å²) in [5, 5.41) is 2.37. The molecule has 5 heteroatoms. The maximum Gasteiger partial charge on any atom is 0.299 e. The molecule has 0 bridgehead atoms. The maximum absolute atomic E-state index is 10.8. The second kappa shape index (κ2) is 4.02. The van der Waals surface area contributed by atoms with E-state index in [9.17, 15) is 9.59 Å². The molecule has 0 fully saturated rings. The fraction of sp³-hybridized carbons (Fsp3) is 0.625. The highest BCUT2D eigenvalue weighted by molar-refractivity contribution is 6.11. The summed E-state index contributed by atoms with van der Waals surface area (Å²) in [6, 6.07) is 0.0231. The van der Waals surface area contributed by atoms with Gasteiger partial charge in [-0.2, -0.15) is 4.99 Å². The number of carbonyl (C=O) groups is 2. The van der Waals surface area contributed by atoms with Crippen LogP contribution in [0.2, 0.25) is 0 Å². The average molecular weight is 184 g/mol. The second-order valence-corrected chi connectivity index (χ2v) is 3.24. The van der Waals surface area contributed by atoms with Crippen molar-refractivity contribution in [2.24, 2.45) is 10.9 Å². The summed E-state index contributed by atoms with van der Waals surface area (Å²) in [7, 11) is 0. The molecule has 1 rings (SSSR count). The lowest BCUT2D eigenvalue weighted by Crippen LogP contribution is -2.38. The molecule has 1 aliphatic rings. The average Bonchev–Trinajstić information content (AvgIpc) is 1.99. The fourth-order valence-corrected chi connectivity index (χ4v) is 0.796. The number of hydrogen-bond acceptors (Lipinski definition) is 3. The van der Waals surface area contributed by atoms with Crippen LogP contribution in [0, 0.1) is 5.92 Å². The van der Waals surface area contributed by atoms with Gasteiger partial charge in [-0.05, 0) is 5.92 Å². The number of amidine groups is 1. The Morgan fingerprint density at radius 2 is 2.23 bits per heavy atom. The van der Waals surface area contributed by atoms with E-state index in [1.165, 1.54) is 0 Å². The predicted molar refractivity (Wildman–Crippen MR) is 46.0 cm³/mol. The van der Waals surface area contributed by atoms with Crippen molar-refractivity contribution >= 4 is 17.8 Å². The van der Waals surface area contributed by atoms with Gasteiger partial charge in [-0.25, -0.2) is 0 Å². The molecule has 5 nitrogen and oxygen atoms in total. The largest absolute Gasteiger partial charge is 0.464 e. The number of carbonyl (C=O) groups excluding carboxylic acids is 2. The van der Waals surface area contributed by atoms with Crippen molar-refractivity contribution in [2.75, 3.05) is 6.61 Å². The van der Waals surface area contributed by atoms with Crippen LogP contribution in [0.25, 0.3) is 0 Å². The van der Waals surface area contributed by atoms with Crippen LogP contribution in [-0.2, 0) is 14.3 Å². The van der Waals surface area contributed by atoms with Gasteiger partial charge in [0.15, 0.2) is 0 Å². The van der Waals surface area contributed by atoms with Crippen molar-refractivity contribution in [2.45, 2.75) is 20.3 Å². The lowest BCUT2D eigenvalue weighted by molar-refractivity contribution is -0.128. The number of amides is 2. The van der Waals surface area contributed by atoms with Crippen LogP contribution < -0.4 is 5.32 Å². The molecule has 0 aromatic carbocycles. The minimum atomic E-state index is -0.456. The monoisotopic (exact) mass is 184 g/mol. The van der Waals surface area contributed by atoms with Crippen LogP contribution in [0.3, 0.4) is 0 Å². The summed E-state index contributed by atoms with van der Waals surface area (Å²) in [6.45, 7) is 4.37. The number of nitrogens with one attached hydrogen (secondary N) is 1. The molecular weight excluding hydrogens is 172 g/mol. The summed E-state index contributed by atoms with van der Waals surface area (Å²) in [6.07, 6.45) is -0.186. The van der Waals surface area contributed by atoms with Gasteiger partial charge in [-0.1, -0.05) is 13.8 Å². The molecule has 0 atom stereocenters. The summed E-state index contributed by atoms with van der Waals surface area (Å²) in [5.74, 6) is -0.488. The Morgan fingerprint density at radius 3 is 2.77 bits per heavy atom. The molecule has 0 spiro atoms. The van der Waals surface area contributed by atoms with E-state index in [0.29, 0.717) is 12.5 Å². The topological polar surface area (TPSA) is 67.8 Å². The van der Waals surface area contributed by atoms with Gasteiger partial charge in [-0.3, -0.25) is 14.9 Å². The van der Waals surface area contributed by atoms with Crippen LogP contribution >= 0.6 is 0 Å². The molecule has 1 N–H and O–H groups in total. The molecule has 0 radical (unpaired) electrons. The molecule has 2 amide bonds. The molecule has 1 heterocycles. The smallest absolute Gasteiger partial charge is 0.299 e. The summed E-state index contributed by atoms with van der Waals surface area (Å²) in [4.78, 5) is 25.2. The first-order valence-corrected chi connectivity index (χ1v) is 4.12. The Morgan fingerprint density at radius 1 is 1.54 bits per heavy atom. The summed E-state index contributed by atoms with van der Waals surface area (Å²) < 4.78 is 5.08. The zero-order chi connectivity index (χ0) is 9.84. The van der Waals surface area contributed by atoms with Gasteiger partial charge < -0.3 is 4.74 Å². The zero-order valence-corrected chi connectivity index (χ0v) is 7.66. The van der Waals surface area contributed by atoms with E-state index < -0.39 is 5.91 Å². The first-order chi connectivity index (χ1) is 6.08. The molecule has 0 aromatic heterocycles. The van der Waals surface area contributed by atoms with Gasteiger partial charge in [0.05, 0.1) is 6.61 Å². The fourth-order valence-electron chi connectivity index (χ4n) is 0.796. The Bertz CT molecular complexity index is 258. The van der Waals surface area contributed by atoms with Gasteiger partial charge in [-0.15, -0.1) is 0 Å². The maximum atomic E-state index is 10.8. The van der Waals surface area contributed by atoms with Crippen LogP contribution in [0.1, 0.15) is 20.3 Å². The van der Waals surface area contributed by atoms with Gasteiger partial charge >= 0.3 is 0 Å². The van der Waals surface area contributed by atoms with E-state index in [0.717, 1.165) is 0 Å². The minimum absolute atomic E-state index is 0.0231. The van der Waals surface area contributed by atoms with E-state index in [4.69, 9.17) is 4.74 Å². The molecule has 13 heavy (non-hydrogen) atoms. The Labute approximate surface area is 76.2 Å². The first kappa shape index (κ1) is 9.70. The van der Waals surface area contributed by atoms with Crippen molar-refractivity contribution < 1.29 is 14.3 Å². The van der Waals surface area contributed by atoms with Crippen LogP contribution in [0.15, 0.2) is 4.99 Å².